The van der Waals surface area contributed by atoms with Gasteiger partial charge >= 0.3 is 5.97 Å². The zero-order valence-electron chi connectivity index (χ0n) is 24.8. The van der Waals surface area contributed by atoms with Crippen molar-refractivity contribution in [3.8, 4) is 11.1 Å². The number of nitrogens with zero attached hydrogens (tertiary/aromatic N) is 1. The first-order chi connectivity index (χ1) is 18.5. The maximum Gasteiger partial charge on any atom is 0.311 e. The number of ether oxygens (including phenoxy) is 1. The van der Waals surface area contributed by atoms with Crippen LogP contribution < -0.4 is 0 Å². The number of carbonyl (C=O) groups excluding carboxylic acids is 2. The van der Waals surface area contributed by atoms with E-state index in [0.717, 1.165) is 40.9 Å². The summed E-state index contributed by atoms with van der Waals surface area (Å²) in [5.74, 6) is -0.0755. The fourth-order valence-corrected chi connectivity index (χ4v) is 5.46. The Hall–Kier alpha value is -2.36. The fraction of sp³-hybridized carbons (Fsp3) is 0.647. The summed E-state index contributed by atoms with van der Waals surface area (Å²) in [5.41, 5.74) is 4.42. The fourth-order valence-electron chi connectivity index (χ4n) is 5.46. The number of unbranched alkanes of at least 4 members (excludes halogenated alkanes) is 14. The number of hydrogen-bond donors (Lipinski definition) is 0. The summed E-state index contributed by atoms with van der Waals surface area (Å²) < 4.78 is 7.22. The van der Waals surface area contributed by atoms with E-state index in [1.165, 1.54) is 83.5 Å². The molecule has 4 heteroatoms. The number of benzene rings is 1. The number of rotatable bonds is 21. The zero-order chi connectivity index (χ0) is 27.6. The summed E-state index contributed by atoms with van der Waals surface area (Å²) in [6.45, 7) is 6.44. The van der Waals surface area contributed by atoms with E-state index < -0.39 is 0 Å². The molecule has 212 valence electrons. The number of hydrogen-bond acceptors (Lipinski definition) is 3. The molecule has 0 aliphatic rings. The minimum absolute atomic E-state index is 0.168. The maximum absolute atomic E-state index is 13.4. The quantitative estimate of drug-likeness (QED) is 0.0929. The van der Waals surface area contributed by atoms with Crippen molar-refractivity contribution in [3.05, 3.63) is 47.3 Å². The molecule has 0 saturated heterocycles. The third-order valence-electron chi connectivity index (χ3n) is 7.77. The van der Waals surface area contributed by atoms with Gasteiger partial charge in [0.2, 0.25) is 0 Å². The van der Waals surface area contributed by atoms with E-state index in [9.17, 15) is 9.59 Å². The Balaban J connectivity index is 1.77. The molecule has 0 amide bonds. The van der Waals surface area contributed by atoms with Crippen molar-refractivity contribution in [2.45, 2.75) is 130 Å². The molecule has 0 N–H and O–H groups in total. The smallest absolute Gasteiger partial charge is 0.311 e. The molecule has 38 heavy (non-hydrogen) atoms. The lowest BCUT2D eigenvalue weighted by Crippen LogP contribution is -2.11. The third kappa shape index (κ3) is 10.8. The van der Waals surface area contributed by atoms with Gasteiger partial charge in [0.25, 0.3) is 0 Å². The van der Waals surface area contributed by atoms with Gasteiger partial charge in [0.05, 0.1) is 13.0 Å². The molecule has 0 spiro atoms. The molecule has 1 aromatic heterocycles. The van der Waals surface area contributed by atoms with E-state index in [0.29, 0.717) is 13.0 Å². The summed E-state index contributed by atoms with van der Waals surface area (Å²) in [6.07, 6.45) is 20.4. The Morgan fingerprint density at radius 3 is 1.74 bits per heavy atom. The third-order valence-corrected chi connectivity index (χ3v) is 7.77. The number of esters is 1. The molecular weight excluding hydrogens is 470 g/mol. The molecule has 0 fully saturated rings. The van der Waals surface area contributed by atoms with E-state index >= 15 is 0 Å². The van der Waals surface area contributed by atoms with Gasteiger partial charge < -0.3 is 9.30 Å². The highest BCUT2D eigenvalue weighted by Crippen LogP contribution is 2.34. The molecule has 4 nitrogen and oxygen atoms in total. The van der Waals surface area contributed by atoms with Crippen molar-refractivity contribution in [2.24, 2.45) is 7.05 Å². The van der Waals surface area contributed by atoms with Gasteiger partial charge in [-0.2, -0.15) is 0 Å². The van der Waals surface area contributed by atoms with Crippen LogP contribution in [0.2, 0.25) is 0 Å². The van der Waals surface area contributed by atoms with Crippen molar-refractivity contribution < 1.29 is 14.3 Å². The highest BCUT2D eigenvalue weighted by molar-refractivity contribution is 6.05. The second kappa shape index (κ2) is 18.8. The first-order valence-corrected chi connectivity index (χ1v) is 15.4. The van der Waals surface area contributed by atoms with E-state index in [1.807, 2.05) is 55.8 Å². The number of carbonyl (C=O) groups is 2. The molecule has 0 radical (unpaired) electrons. The molecule has 0 bridgehead atoms. The van der Waals surface area contributed by atoms with Gasteiger partial charge in [-0.25, -0.2) is 0 Å². The van der Waals surface area contributed by atoms with Gasteiger partial charge in [-0.1, -0.05) is 127 Å². The van der Waals surface area contributed by atoms with Crippen LogP contribution in [0.4, 0.5) is 0 Å². The van der Waals surface area contributed by atoms with Crippen LogP contribution in [0.1, 0.15) is 138 Å². The van der Waals surface area contributed by atoms with Crippen molar-refractivity contribution >= 4 is 11.8 Å². The van der Waals surface area contributed by atoms with E-state index in [2.05, 4.69) is 6.92 Å². The molecular formula is C34H53NO3. The van der Waals surface area contributed by atoms with Gasteiger partial charge in [-0.05, 0) is 25.8 Å². The Morgan fingerprint density at radius 2 is 1.24 bits per heavy atom. The van der Waals surface area contributed by atoms with Crippen molar-refractivity contribution in [3.63, 3.8) is 0 Å². The molecule has 1 aromatic carbocycles. The predicted octanol–water partition coefficient (Wildman–Crippen LogP) is 9.55. The second-order valence-corrected chi connectivity index (χ2v) is 10.8. The molecule has 1 heterocycles. The lowest BCUT2D eigenvalue weighted by atomic mass is 9.94. The molecule has 0 aliphatic heterocycles. The topological polar surface area (TPSA) is 48.3 Å². The highest BCUT2D eigenvalue weighted by Gasteiger charge is 2.25. The first-order valence-electron chi connectivity index (χ1n) is 15.4. The molecule has 0 aliphatic carbocycles. The van der Waals surface area contributed by atoms with Crippen LogP contribution in [0.25, 0.3) is 11.1 Å². The summed E-state index contributed by atoms with van der Waals surface area (Å²) in [5, 5.41) is 0. The van der Waals surface area contributed by atoms with Crippen molar-refractivity contribution in [1.29, 1.82) is 0 Å². The summed E-state index contributed by atoms with van der Waals surface area (Å²) >= 11 is 0. The molecule has 0 unspecified atom stereocenters. The number of ketones is 1. The Bertz CT molecular complexity index is 944. The predicted molar refractivity (Wildman–Crippen MR) is 160 cm³/mol. The van der Waals surface area contributed by atoms with E-state index in [4.69, 9.17) is 4.74 Å². The monoisotopic (exact) mass is 523 g/mol. The van der Waals surface area contributed by atoms with Gasteiger partial charge in [0, 0.05) is 36.0 Å². The van der Waals surface area contributed by atoms with Gasteiger partial charge in [-0.15, -0.1) is 0 Å². The zero-order valence-corrected chi connectivity index (χ0v) is 24.8. The number of aromatic nitrogens is 1. The van der Waals surface area contributed by atoms with Crippen LogP contribution in [0.3, 0.4) is 0 Å². The van der Waals surface area contributed by atoms with Crippen LogP contribution in [0.5, 0.6) is 0 Å². The van der Waals surface area contributed by atoms with Gasteiger partial charge in [0.1, 0.15) is 0 Å². The highest BCUT2D eigenvalue weighted by atomic mass is 16.5. The van der Waals surface area contributed by atoms with Crippen LogP contribution in [-0.2, 0) is 23.0 Å². The summed E-state index contributed by atoms with van der Waals surface area (Å²) in [7, 11) is 1.95. The van der Waals surface area contributed by atoms with Gasteiger partial charge in [0.15, 0.2) is 5.78 Å². The maximum atomic E-state index is 13.4. The number of Topliss-reactive ketones (excluding diaryl/α,β-unsaturated/α-hetero) is 1. The molecule has 0 saturated carbocycles. The van der Waals surface area contributed by atoms with Crippen LogP contribution in [-0.4, -0.2) is 22.9 Å². The minimum atomic E-state index is -0.258. The lowest BCUT2D eigenvalue weighted by molar-refractivity contribution is -0.142. The van der Waals surface area contributed by atoms with Crippen molar-refractivity contribution in [2.75, 3.05) is 6.61 Å². The molecule has 2 aromatic rings. The standard InChI is InChI=1S/C34H53NO3/c1-5-7-8-9-10-11-12-13-14-15-16-17-18-19-23-26-31(36)33-28(3)35(4)30(27-32(37)38-6-2)34(33)29-24-21-20-22-25-29/h20-22,24-25H,5-19,23,26-27H2,1-4H3. The summed E-state index contributed by atoms with van der Waals surface area (Å²) in [4.78, 5) is 25.8. The molecule has 2 rings (SSSR count). The van der Waals surface area contributed by atoms with Crippen LogP contribution in [0, 0.1) is 6.92 Å². The van der Waals surface area contributed by atoms with Crippen molar-refractivity contribution in [1.82, 2.24) is 4.57 Å². The van der Waals surface area contributed by atoms with Crippen LogP contribution >= 0.6 is 0 Å². The lowest BCUT2D eigenvalue weighted by Gasteiger charge is -2.09. The Kier molecular flexibility index (Phi) is 15.8. The Labute approximate surface area is 232 Å². The largest absolute Gasteiger partial charge is 0.466 e. The normalized spacial score (nSPS) is 11.2. The van der Waals surface area contributed by atoms with E-state index in [1.54, 1.807) is 0 Å². The average Bonchev–Trinajstić information content (AvgIpc) is 3.16. The second-order valence-electron chi connectivity index (χ2n) is 10.8. The van der Waals surface area contributed by atoms with Gasteiger partial charge in [-0.3, -0.25) is 9.59 Å². The average molecular weight is 524 g/mol. The molecule has 0 atom stereocenters. The van der Waals surface area contributed by atoms with Crippen LogP contribution in [0.15, 0.2) is 30.3 Å². The minimum Gasteiger partial charge on any atom is -0.466 e. The van der Waals surface area contributed by atoms with E-state index in [-0.39, 0.29) is 18.2 Å². The first kappa shape index (κ1) is 31.9. The SMILES string of the molecule is CCCCCCCCCCCCCCCCCC(=O)c1c(-c2ccccc2)c(CC(=O)OCC)n(C)c1C. The Morgan fingerprint density at radius 1 is 0.737 bits per heavy atom. The summed E-state index contributed by atoms with van der Waals surface area (Å²) in [6, 6.07) is 9.98.